The first kappa shape index (κ1) is 13.1. The van der Waals surface area contributed by atoms with E-state index < -0.39 is 0 Å². The number of nitrogens with two attached hydrogens (primary N) is 1. The third-order valence-electron chi connectivity index (χ3n) is 3.14. The van der Waals surface area contributed by atoms with E-state index in [2.05, 4.69) is 37.0 Å². The Balaban J connectivity index is 1.79. The lowest BCUT2D eigenvalue weighted by Crippen LogP contribution is -1.84. The molecule has 0 aliphatic rings. The number of hydrogen-bond acceptors (Lipinski definition) is 4. The van der Waals surface area contributed by atoms with Gasteiger partial charge in [0, 0.05) is 16.6 Å². The number of anilines is 1. The number of nitrogens with zero attached hydrogens (tertiary/aromatic N) is 1. The van der Waals surface area contributed by atoms with Gasteiger partial charge in [-0.25, -0.2) is 4.98 Å². The molecule has 3 aromatic rings. The predicted molar refractivity (Wildman–Crippen MR) is 83.9 cm³/mol. The SMILES string of the molecule is Cc1ccc(SCc2nc3ccc(N)cc3o2)c(C)c1. The molecule has 2 aromatic carbocycles. The van der Waals surface area contributed by atoms with Crippen LogP contribution in [0.15, 0.2) is 45.7 Å². The van der Waals surface area contributed by atoms with Crippen LogP contribution in [0.25, 0.3) is 11.1 Å². The lowest BCUT2D eigenvalue weighted by molar-refractivity contribution is 0.556. The first-order chi connectivity index (χ1) is 9.61. The van der Waals surface area contributed by atoms with E-state index in [1.165, 1.54) is 16.0 Å². The third-order valence-corrected chi connectivity index (χ3v) is 4.30. The van der Waals surface area contributed by atoms with E-state index in [-0.39, 0.29) is 0 Å². The largest absolute Gasteiger partial charge is 0.440 e. The van der Waals surface area contributed by atoms with Crippen molar-refractivity contribution in [2.24, 2.45) is 0 Å². The molecule has 0 spiro atoms. The summed E-state index contributed by atoms with van der Waals surface area (Å²) in [5.74, 6) is 1.45. The van der Waals surface area contributed by atoms with Gasteiger partial charge in [0.1, 0.15) is 5.52 Å². The Hall–Kier alpha value is -1.94. The molecule has 0 fully saturated rings. The van der Waals surface area contributed by atoms with Gasteiger partial charge in [0.05, 0.1) is 5.75 Å². The van der Waals surface area contributed by atoms with Crippen LogP contribution >= 0.6 is 11.8 Å². The first-order valence-corrected chi connectivity index (χ1v) is 7.45. The molecule has 0 saturated carbocycles. The molecule has 0 atom stereocenters. The standard InChI is InChI=1S/C16H16N2OS/c1-10-3-6-15(11(2)7-10)20-9-16-18-13-5-4-12(17)8-14(13)19-16/h3-8H,9,17H2,1-2H3. The normalized spacial score (nSPS) is 11.1. The van der Waals surface area contributed by atoms with Gasteiger partial charge >= 0.3 is 0 Å². The van der Waals surface area contributed by atoms with Crippen LogP contribution in [0.3, 0.4) is 0 Å². The monoisotopic (exact) mass is 284 g/mol. The zero-order valence-electron chi connectivity index (χ0n) is 11.5. The maximum Gasteiger partial charge on any atom is 0.205 e. The molecule has 1 heterocycles. The molecule has 1 aromatic heterocycles. The molecule has 3 rings (SSSR count). The van der Waals surface area contributed by atoms with Crippen molar-refractivity contribution in [3.8, 4) is 0 Å². The van der Waals surface area contributed by atoms with Crippen molar-refractivity contribution < 1.29 is 4.42 Å². The van der Waals surface area contributed by atoms with Crippen LogP contribution in [-0.4, -0.2) is 4.98 Å². The molecule has 0 aliphatic heterocycles. The van der Waals surface area contributed by atoms with Gasteiger partial charge in [-0.05, 0) is 37.6 Å². The van der Waals surface area contributed by atoms with Crippen molar-refractivity contribution in [1.29, 1.82) is 0 Å². The van der Waals surface area contributed by atoms with Crippen LogP contribution in [0, 0.1) is 13.8 Å². The zero-order chi connectivity index (χ0) is 14.1. The average molecular weight is 284 g/mol. The Morgan fingerprint density at radius 1 is 1.15 bits per heavy atom. The minimum Gasteiger partial charge on any atom is -0.440 e. The van der Waals surface area contributed by atoms with Gasteiger partial charge in [-0.3, -0.25) is 0 Å². The topological polar surface area (TPSA) is 52.0 Å². The van der Waals surface area contributed by atoms with Crippen molar-refractivity contribution in [2.45, 2.75) is 24.5 Å². The minimum atomic E-state index is 0.697. The van der Waals surface area contributed by atoms with Gasteiger partial charge in [0.2, 0.25) is 5.89 Å². The molecule has 4 heteroatoms. The second-order valence-electron chi connectivity index (χ2n) is 4.89. The first-order valence-electron chi connectivity index (χ1n) is 6.47. The highest BCUT2D eigenvalue weighted by molar-refractivity contribution is 7.98. The number of hydrogen-bond donors (Lipinski definition) is 1. The van der Waals surface area contributed by atoms with E-state index in [0.29, 0.717) is 5.69 Å². The fourth-order valence-electron chi connectivity index (χ4n) is 2.15. The fraction of sp³-hybridized carbons (Fsp3) is 0.188. The Kier molecular flexibility index (Phi) is 3.40. The van der Waals surface area contributed by atoms with Crippen molar-refractivity contribution in [3.63, 3.8) is 0 Å². The summed E-state index contributed by atoms with van der Waals surface area (Å²) >= 11 is 1.74. The van der Waals surface area contributed by atoms with E-state index >= 15 is 0 Å². The Labute approximate surface area is 122 Å². The molecule has 0 aliphatic carbocycles. The minimum absolute atomic E-state index is 0.697. The Morgan fingerprint density at radius 3 is 2.80 bits per heavy atom. The molecule has 0 unspecified atom stereocenters. The Bertz CT molecular complexity index is 764. The number of aryl methyl sites for hydroxylation is 2. The average Bonchev–Trinajstić information content (AvgIpc) is 2.79. The van der Waals surface area contributed by atoms with Crippen LogP contribution in [0.2, 0.25) is 0 Å². The summed E-state index contributed by atoms with van der Waals surface area (Å²) in [6.07, 6.45) is 0. The quantitative estimate of drug-likeness (QED) is 0.575. The van der Waals surface area contributed by atoms with E-state index in [0.717, 1.165) is 22.7 Å². The highest BCUT2D eigenvalue weighted by Gasteiger charge is 2.07. The molecular weight excluding hydrogens is 268 g/mol. The number of fused-ring (bicyclic) bond motifs is 1. The molecule has 0 radical (unpaired) electrons. The van der Waals surface area contributed by atoms with Crippen molar-refractivity contribution in [2.75, 3.05) is 5.73 Å². The maximum absolute atomic E-state index is 5.74. The summed E-state index contributed by atoms with van der Waals surface area (Å²) < 4.78 is 5.72. The molecule has 0 saturated heterocycles. The lowest BCUT2D eigenvalue weighted by atomic mass is 10.2. The molecule has 3 nitrogen and oxygen atoms in total. The van der Waals surface area contributed by atoms with Crippen molar-refractivity contribution >= 4 is 28.5 Å². The summed E-state index contributed by atoms with van der Waals surface area (Å²) in [5, 5.41) is 0. The number of nitrogen functional groups attached to an aromatic ring is 1. The summed E-state index contributed by atoms with van der Waals surface area (Å²) in [4.78, 5) is 5.73. The van der Waals surface area contributed by atoms with Crippen molar-refractivity contribution in [3.05, 3.63) is 53.4 Å². The smallest absolute Gasteiger partial charge is 0.205 e. The van der Waals surface area contributed by atoms with Gasteiger partial charge in [-0.2, -0.15) is 0 Å². The van der Waals surface area contributed by atoms with E-state index in [9.17, 15) is 0 Å². The highest BCUT2D eigenvalue weighted by Crippen LogP contribution is 2.28. The van der Waals surface area contributed by atoms with E-state index in [1.54, 1.807) is 11.8 Å². The van der Waals surface area contributed by atoms with Gasteiger partial charge in [0.15, 0.2) is 5.58 Å². The van der Waals surface area contributed by atoms with Crippen molar-refractivity contribution in [1.82, 2.24) is 4.98 Å². The predicted octanol–water partition coefficient (Wildman–Crippen LogP) is 4.32. The van der Waals surface area contributed by atoms with Crippen LogP contribution < -0.4 is 5.73 Å². The number of oxazole rings is 1. The van der Waals surface area contributed by atoms with Gasteiger partial charge < -0.3 is 10.2 Å². The second-order valence-corrected chi connectivity index (χ2v) is 5.91. The fourth-order valence-corrected chi connectivity index (χ4v) is 3.00. The summed E-state index contributed by atoms with van der Waals surface area (Å²) in [5.41, 5.74) is 10.6. The Morgan fingerprint density at radius 2 is 2.00 bits per heavy atom. The summed E-state index contributed by atoms with van der Waals surface area (Å²) in [7, 11) is 0. The maximum atomic E-state index is 5.74. The summed E-state index contributed by atoms with van der Waals surface area (Å²) in [6.45, 7) is 4.23. The molecule has 20 heavy (non-hydrogen) atoms. The molecule has 0 bridgehead atoms. The van der Waals surface area contributed by atoms with Crippen LogP contribution in [0.5, 0.6) is 0 Å². The highest BCUT2D eigenvalue weighted by atomic mass is 32.2. The molecular formula is C16H16N2OS. The zero-order valence-corrected chi connectivity index (χ0v) is 12.3. The number of thioether (sulfide) groups is 1. The van der Waals surface area contributed by atoms with Crippen LogP contribution in [0.4, 0.5) is 5.69 Å². The van der Waals surface area contributed by atoms with Gasteiger partial charge in [0.25, 0.3) is 0 Å². The van der Waals surface area contributed by atoms with E-state index in [1.807, 2.05) is 18.2 Å². The van der Waals surface area contributed by atoms with Crippen LogP contribution in [-0.2, 0) is 5.75 Å². The number of rotatable bonds is 3. The third kappa shape index (κ3) is 2.65. The molecule has 2 N–H and O–H groups in total. The van der Waals surface area contributed by atoms with Gasteiger partial charge in [-0.1, -0.05) is 17.7 Å². The van der Waals surface area contributed by atoms with E-state index in [4.69, 9.17) is 10.2 Å². The van der Waals surface area contributed by atoms with Crippen LogP contribution in [0.1, 0.15) is 17.0 Å². The van der Waals surface area contributed by atoms with Gasteiger partial charge in [-0.15, -0.1) is 11.8 Å². The lowest BCUT2D eigenvalue weighted by Gasteiger charge is -2.04. The number of aromatic nitrogens is 1. The molecule has 0 amide bonds. The number of benzene rings is 2. The molecule has 102 valence electrons. The summed E-state index contributed by atoms with van der Waals surface area (Å²) in [6, 6.07) is 12.0. The second kappa shape index (κ2) is 5.21.